The Labute approximate surface area is 167 Å². The standard InChI is InChI=1S/C20H23N7O2/c28-20-18-16(22-12-23-20)9-17(24-14-10-21-11-14)26-19(18)25-13-1-3-15(4-2-13)27-5-7-29-8-6-27/h1-4,9,12,14,21H,5-8,10-11H2,(H,22,23,28)(H2,24,25,26). The highest BCUT2D eigenvalue weighted by atomic mass is 16.5. The van der Waals surface area contributed by atoms with Crippen molar-refractivity contribution in [1.82, 2.24) is 20.3 Å². The lowest BCUT2D eigenvalue weighted by molar-refractivity contribution is 0.122. The van der Waals surface area contributed by atoms with Crippen molar-refractivity contribution in [3.63, 3.8) is 0 Å². The molecule has 1 aromatic carbocycles. The summed E-state index contributed by atoms with van der Waals surface area (Å²) in [5.41, 5.74) is 2.41. The van der Waals surface area contributed by atoms with Gasteiger partial charge in [-0.2, -0.15) is 0 Å². The van der Waals surface area contributed by atoms with E-state index >= 15 is 0 Å². The van der Waals surface area contributed by atoms with Crippen molar-refractivity contribution in [2.45, 2.75) is 6.04 Å². The number of nitrogens with one attached hydrogen (secondary N) is 4. The minimum Gasteiger partial charge on any atom is -0.378 e. The molecule has 2 aliphatic heterocycles. The largest absolute Gasteiger partial charge is 0.378 e. The van der Waals surface area contributed by atoms with Gasteiger partial charge in [-0.25, -0.2) is 9.97 Å². The molecule has 9 nitrogen and oxygen atoms in total. The Morgan fingerprint density at radius 1 is 1.14 bits per heavy atom. The van der Waals surface area contributed by atoms with Gasteiger partial charge >= 0.3 is 0 Å². The van der Waals surface area contributed by atoms with Crippen LogP contribution in [0.15, 0.2) is 41.5 Å². The minimum absolute atomic E-state index is 0.216. The molecule has 0 spiro atoms. The molecule has 0 saturated carbocycles. The fraction of sp³-hybridized carbons (Fsp3) is 0.350. The van der Waals surface area contributed by atoms with Crippen molar-refractivity contribution >= 4 is 33.9 Å². The smallest absolute Gasteiger partial charge is 0.262 e. The molecular weight excluding hydrogens is 370 g/mol. The lowest BCUT2D eigenvalue weighted by Crippen LogP contribution is -2.51. The number of aromatic amines is 1. The van der Waals surface area contributed by atoms with E-state index in [1.807, 2.05) is 18.2 Å². The summed E-state index contributed by atoms with van der Waals surface area (Å²) in [6.07, 6.45) is 1.42. The summed E-state index contributed by atoms with van der Waals surface area (Å²) in [5, 5.41) is 10.4. The molecule has 0 aliphatic carbocycles. The average molecular weight is 393 g/mol. The van der Waals surface area contributed by atoms with Crippen LogP contribution in [0.5, 0.6) is 0 Å². The van der Waals surface area contributed by atoms with E-state index in [0.29, 0.717) is 28.6 Å². The summed E-state index contributed by atoms with van der Waals surface area (Å²) < 4.78 is 5.42. The van der Waals surface area contributed by atoms with Crippen LogP contribution < -0.4 is 26.4 Å². The Bertz CT molecular complexity index is 1060. The van der Waals surface area contributed by atoms with Gasteiger partial charge in [0.2, 0.25) is 0 Å². The number of nitrogens with zero attached hydrogens (tertiary/aromatic N) is 3. The summed E-state index contributed by atoms with van der Waals surface area (Å²) in [4.78, 5) is 26.3. The first kappa shape index (κ1) is 17.9. The van der Waals surface area contributed by atoms with E-state index < -0.39 is 0 Å². The lowest BCUT2D eigenvalue weighted by atomic mass is 10.2. The molecule has 2 aliphatic rings. The monoisotopic (exact) mass is 393 g/mol. The Balaban J connectivity index is 1.44. The number of ether oxygens (including phenoxy) is 1. The van der Waals surface area contributed by atoms with Crippen molar-refractivity contribution in [3.8, 4) is 0 Å². The molecule has 9 heteroatoms. The van der Waals surface area contributed by atoms with Crippen molar-refractivity contribution in [2.75, 3.05) is 54.9 Å². The molecule has 29 heavy (non-hydrogen) atoms. The van der Waals surface area contributed by atoms with E-state index in [1.165, 1.54) is 6.33 Å². The molecule has 0 unspecified atom stereocenters. The second-order valence-electron chi connectivity index (χ2n) is 7.25. The van der Waals surface area contributed by atoms with E-state index in [9.17, 15) is 4.79 Å². The summed E-state index contributed by atoms with van der Waals surface area (Å²) in [5.74, 6) is 1.19. The minimum atomic E-state index is -0.216. The first-order chi connectivity index (χ1) is 14.3. The van der Waals surface area contributed by atoms with Gasteiger partial charge in [-0.05, 0) is 24.3 Å². The average Bonchev–Trinajstić information content (AvgIpc) is 2.72. The molecule has 4 N–H and O–H groups in total. The van der Waals surface area contributed by atoms with E-state index in [4.69, 9.17) is 4.74 Å². The number of H-pyrrole nitrogens is 1. The maximum absolute atomic E-state index is 12.4. The van der Waals surface area contributed by atoms with Gasteiger partial charge < -0.3 is 30.6 Å². The number of rotatable bonds is 5. The Morgan fingerprint density at radius 2 is 1.93 bits per heavy atom. The molecular formula is C20H23N7O2. The number of anilines is 4. The maximum atomic E-state index is 12.4. The Hall–Kier alpha value is -3.17. The second-order valence-corrected chi connectivity index (χ2v) is 7.25. The Morgan fingerprint density at radius 3 is 2.66 bits per heavy atom. The molecule has 2 fully saturated rings. The normalized spacial score (nSPS) is 17.2. The van der Waals surface area contributed by atoms with Crippen LogP contribution in [-0.2, 0) is 4.74 Å². The first-order valence-corrected chi connectivity index (χ1v) is 9.82. The van der Waals surface area contributed by atoms with Crippen LogP contribution in [0.3, 0.4) is 0 Å². The quantitative estimate of drug-likeness (QED) is 0.514. The molecule has 3 aromatic rings. The van der Waals surface area contributed by atoms with E-state index in [-0.39, 0.29) is 5.56 Å². The zero-order valence-corrected chi connectivity index (χ0v) is 15.9. The highest BCUT2D eigenvalue weighted by Gasteiger charge is 2.18. The van der Waals surface area contributed by atoms with E-state index in [0.717, 1.165) is 50.8 Å². The summed E-state index contributed by atoms with van der Waals surface area (Å²) >= 11 is 0. The highest BCUT2D eigenvalue weighted by Crippen LogP contribution is 2.26. The van der Waals surface area contributed by atoms with Gasteiger partial charge in [0, 0.05) is 43.6 Å². The van der Waals surface area contributed by atoms with Gasteiger partial charge in [0.1, 0.15) is 17.0 Å². The molecule has 150 valence electrons. The van der Waals surface area contributed by atoms with Crippen LogP contribution in [0.25, 0.3) is 10.9 Å². The van der Waals surface area contributed by atoms with Gasteiger partial charge in [-0.15, -0.1) is 0 Å². The predicted octanol–water partition coefficient (Wildman–Crippen LogP) is 1.28. The van der Waals surface area contributed by atoms with Gasteiger partial charge in [-0.3, -0.25) is 4.79 Å². The molecule has 5 rings (SSSR count). The third-order valence-corrected chi connectivity index (χ3v) is 5.26. The molecule has 0 amide bonds. The van der Waals surface area contributed by atoms with Gasteiger partial charge in [0.15, 0.2) is 0 Å². The molecule has 0 bridgehead atoms. The van der Waals surface area contributed by atoms with Crippen LogP contribution in [0.1, 0.15) is 0 Å². The fourth-order valence-electron chi connectivity index (χ4n) is 3.57. The molecule has 0 atom stereocenters. The fourth-order valence-corrected chi connectivity index (χ4v) is 3.57. The van der Waals surface area contributed by atoms with E-state index in [2.05, 4.69) is 47.9 Å². The molecule has 2 aromatic heterocycles. The highest BCUT2D eigenvalue weighted by molar-refractivity contribution is 5.92. The topological polar surface area (TPSA) is 107 Å². The Kier molecular flexibility index (Phi) is 4.74. The number of morpholine rings is 1. The third kappa shape index (κ3) is 3.74. The number of fused-ring (bicyclic) bond motifs is 1. The predicted molar refractivity (Wildman–Crippen MR) is 113 cm³/mol. The SMILES string of the molecule is O=c1[nH]cnc2cc(NC3CNC3)nc(Nc3ccc(N4CCOCC4)cc3)c12. The molecule has 2 saturated heterocycles. The van der Waals surface area contributed by atoms with Crippen molar-refractivity contribution in [1.29, 1.82) is 0 Å². The van der Waals surface area contributed by atoms with E-state index in [1.54, 1.807) is 0 Å². The maximum Gasteiger partial charge on any atom is 0.262 e. The third-order valence-electron chi connectivity index (χ3n) is 5.26. The van der Waals surface area contributed by atoms with Gasteiger partial charge in [0.05, 0.1) is 31.1 Å². The van der Waals surface area contributed by atoms with Crippen LogP contribution in [0.4, 0.5) is 23.0 Å². The lowest BCUT2D eigenvalue weighted by Gasteiger charge is -2.29. The summed E-state index contributed by atoms with van der Waals surface area (Å²) in [6, 6.07) is 10.3. The van der Waals surface area contributed by atoms with Crippen molar-refractivity contribution in [2.24, 2.45) is 0 Å². The van der Waals surface area contributed by atoms with Crippen LogP contribution in [-0.4, -0.2) is 60.4 Å². The molecule has 4 heterocycles. The van der Waals surface area contributed by atoms with Crippen molar-refractivity contribution in [3.05, 3.63) is 47.0 Å². The first-order valence-electron chi connectivity index (χ1n) is 9.82. The number of aromatic nitrogens is 3. The zero-order valence-electron chi connectivity index (χ0n) is 15.9. The van der Waals surface area contributed by atoms with Gasteiger partial charge in [0.25, 0.3) is 5.56 Å². The summed E-state index contributed by atoms with van der Waals surface area (Å²) in [7, 11) is 0. The van der Waals surface area contributed by atoms with Crippen molar-refractivity contribution < 1.29 is 4.74 Å². The second kappa shape index (κ2) is 7.69. The number of benzene rings is 1. The zero-order chi connectivity index (χ0) is 19.6. The summed E-state index contributed by atoms with van der Waals surface area (Å²) in [6.45, 7) is 5.08. The number of hydrogen-bond acceptors (Lipinski definition) is 8. The van der Waals surface area contributed by atoms with Crippen LogP contribution in [0, 0.1) is 0 Å². The number of hydrogen-bond donors (Lipinski definition) is 4. The molecule has 0 radical (unpaired) electrons. The number of pyridine rings is 1. The van der Waals surface area contributed by atoms with Gasteiger partial charge in [-0.1, -0.05) is 0 Å². The van der Waals surface area contributed by atoms with Crippen LogP contribution in [0.2, 0.25) is 0 Å². The van der Waals surface area contributed by atoms with Crippen LogP contribution >= 0.6 is 0 Å².